The number of ether oxygens (including phenoxy) is 2. The molecular weight excluding hydrogens is 218 g/mol. The Morgan fingerprint density at radius 1 is 1.18 bits per heavy atom. The van der Waals surface area contributed by atoms with E-state index in [0.717, 1.165) is 25.9 Å². The lowest BCUT2D eigenvalue weighted by Gasteiger charge is -2.40. The summed E-state index contributed by atoms with van der Waals surface area (Å²) >= 11 is 0. The van der Waals surface area contributed by atoms with E-state index >= 15 is 0 Å². The van der Waals surface area contributed by atoms with E-state index < -0.39 is 5.54 Å². The molecule has 0 amide bonds. The summed E-state index contributed by atoms with van der Waals surface area (Å²) in [5.41, 5.74) is -0.520. The zero-order valence-corrected chi connectivity index (χ0v) is 12.1. The van der Waals surface area contributed by atoms with Gasteiger partial charge in [-0.15, -0.1) is 0 Å². The molecule has 4 nitrogen and oxygen atoms in total. The molecule has 0 N–H and O–H groups in total. The highest BCUT2D eigenvalue weighted by atomic mass is 16.5. The maximum absolute atomic E-state index is 11.6. The first-order chi connectivity index (χ1) is 8.02. The largest absolute Gasteiger partial charge is 0.468 e. The van der Waals surface area contributed by atoms with E-state index in [2.05, 4.69) is 4.90 Å². The lowest BCUT2D eigenvalue weighted by Crippen LogP contribution is -2.54. The molecule has 0 atom stereocenters. The highest BCUT2D eigenvalue weighted by Crippen LogP contribution is 2.22. The summed E-state index contributed by atoms with van der Waals surface area (Å²) in [5.74, 6) is -0.168. The van der Waals surface area contributed by atoms with Crippen LogP contribution in [0.5, 0.6) is 0 Å². The van der Waals surface area contributed by atoms with Crippen LogP contribution in [0.25, 0.3) is 0 Å². The quantitative estimate of drug-likeness (QED) is 0.714. The Labute approximate surface area is 105 Å². The molecular formula is C13H27NO3. The molecule has 0 unspecified atom stereocenters. The number of nitrogens with zero attached hydrogens (tertiary/aromatic N) is 1. The molecule has 0 aromatic carbocycles. The van der Waals surface area contributed by atoms with Crippen molar-refractivity contribution in [1.29, 1.82) is 0 Å². The van der Waals surface area contributed by atoms with Gasteiger partial charge in [-0.1, -0.05) is 13.8 Å². The number of hydrogen-bond acceptors (Lipinski definition) is 4. The molecule has 0 bridgehead atoms. The van der Waals surface area contributed by atoms with Crippen LogP contribution in [0.2, 0.25) is 0 Å². The van der Waals surface area contributed by atoms with Crippen molar-refractivity contribution < 1.29 is 14.3 Å². The Morgan fingerprint density at radius 2 is 1.65 bits per heavy atom. The number of piperidine rings is 1. The van der Waals surface area contributed by atoms with Crippen LogP contribution in [0, 0.1) is 0 Å². The van der Waals surface area contributed by atoms with Crippen molar-refractivity contribution in [2.45, 2.75) is 52.2 Å². The van der Waals surface area contributed by atoms with E-state index in [0.29, 0.717) is 6.10 Å². The van der Waals surface area contributed by atoms with Gasteiger partial charge < -0.3 is 9.47 Å². The predicted molar refractivity (Wildman–Crippen MR) is 69.0 cm³/mol. The van der Waals surface area contributed by atoms with E-state index in [9.17, 15) is 4.79 Å². The lowest BCUT2D eigenvalue weighted by atomic mass is 9.97. The third-order valence-electron chi connectivity index (χ3n) is 3.25. The van der Waals surface area contributed by atoms with E-state index in [1.165, 1.54) is 7.11 Å². The SMILES string of the molecule is CC.COC(=O)C(C)(C)N1CCC(OC)CC1. The first kappa shape index (κ1) is 16.4. The Balaban J connectivity index is 0.00000121. The minimum Gasteiger partial charge on any atom is -0.468 e. The lowest BCUT2D eigenvalue weighted by molar-refractivity contribution is -0.154. The second-order valence-electron chi connectivity index (χ2n) is 4.47. The van der Waals surface area contributed by atoms with Gasteiger partial charge in [0.25, 0.3) is 0 Å². The van der Waals surface area contributed by atoms with Gasteiger partial charge >= 0.3 is 5.97 Å². The molecule has 1 aliphatic rings. The van der Waals surface area contributed by atoms with Crippen molar-refractivity contribution in [3.8, 4) is 0 Å². The molecule has 1 saturated heterocycles. The average Bonchev–Trinajstić information content (AvgIpc) is 2.40. The summed E-state index contributed by atoms with van der Waals surface area (Å²) in [6, 6.07) is 0. The van der Waals surface area contributed by atoms with Gasteiger partial charge in [0.2, 0.25) is 0 Å². The molecule has 1 rings (SSSR count). The van der Waals surface area contributed by atoms with Crippen LogP contribution in [0.3, 0.4) is 0 Å². The minimum absolute atomic E-state index is 0.168. The Hall–Kier alpha value is -0.610. The van der Waals surface area contributed by atoms with Gasteiger partial charge in [0, 0.05) is 20.2 Å². The summed E-state index contributed by atoms with van der Waals surface area (Å²) in [6.45, 7) is 9.60. The van der Waals surface area contributed by atoms with Gasteiger partial charge in [-0.2, -0.15) is 0 Å². The first-order valence-corrected chi connectivity index (χ1v) is 6.38. The predicted octanol–water partition coefficient (Wildman–Crippen LogP) is 2.08. The number of rotatable bonds is 3. The molecule has 0 aliphatic carbocycles. The summed E-state index contributed by atoms with van der Waals surface area (Å²) in [6.07, 6.45) is 2.31. The van der Waals surface area contributed by atoms with Crippen molar-refractivity contribution in [2.75, 3.05) is 27.3 Å². The Kier molecular flexibility index (Phi) is 7.39. The molecule has 17 heavy (non-hydrogen) atoms. The Morgan fingerprint density at radius 3 is 2.00 bits per heavy atom. The molecule has 0 radical (unpaired) electrons. The fourth-order valence-corrected chi connectivity index (χ4v) is 2.03. The molecule has 0 aromatic heterocycles. The van der Waals surface area contributed by atoms with Crippen LogP contribution < -0.4 is 0 Å². The van der Waals surface area contributed by atoms with Crippen LogP contribution in [0.4, 0.5) is 0 Å². The monoisotopic (exact) mass is 245 g/mol. The maximum atomic E-state index is 11.6. The second-order valence-corrected chi connectivity index (χ2v) is 4.47. The van der Waals surface area contributed by atoms with Gasteiger partial charge in [-0.05, 0) is 26.7 Å². The topological polar surface area (TPSA) is 38.8 Å². The third-order valence-corrected chi connectivity index (χ3v) is 3.25. The fourth-order valence-electron chi connectivity index (χ4n) is 2.03. The highest BCUT2D eigenvalue weighted by Gasteiger charge is 2.37. The zero-order chi connectivity index (χ0) is 13.5. The third kappa shape index (κ3) is 4.28. The molecule has 1 aliphatic heterocycles. The Bertz CT molecular complexity index is 221. The van der Waals surface area contributed by atoms with Gasteiger partial charge in [0.15, 0.2) is 0 Å². The summed E-state index contributed by atoms with van der Waals surface area (Å²) in [4.78, 5) is 13.7. The zero-order valence-electron chi connectivity index (χ0n) is 12.1. The van der Waals surface area contributed by atoms with Crippen LogP contribution in [0.15, 0.2) is 0 Å². The number of carbonyl (C=O) groups excluding carboxylic acids is 1. The average molecular weight is 245 g/mol. The minimum atomic E-state index is -0.520. The normalized spacial score (nSPS) is 18.2. The van der Waals surface area contributed by atoms with Crippen molar-refractivity contribution >= 4 is 5.97 Å². The molecule has 0 saturated carbocycles. The van der Waals surface area contributed by atoms with E-state index in [1.54, 1.807) is 7.11 Å². The van der Waals surface area contributed by atoms with Crippen molar-refractivity contribution in [1.82, 2.24) is 4.90 Å². The van der Waals surface area contributed by atoms with Gasteiger partial charge in [-0.25, -0.2) is 0 Å². The highest BCUT2D eigenvalue weighted by molar-refractivity contribution is 5.79. The summed E-state index contributed by atoms with van der Waals surface area (Å²) in [5, 5.41) is 0. The smallest absolute Gasteiger partial charge is 0.325 e. The van der Waals surface area contributed by atoms with Crippen LogP contribution in [-0.4, -0.2) is 49.8 Å². The number of methoxy groups -OCH3 is 2. The molecule has 4 heteroatoms. The second kappa shape index (κ2) is 7.67. The van der Waals surface area contributed by atoms with E-state index in [1.807, 2.05) is 27.7 Å². The van der Waals surface area contributed by atoms with Crippen molar-refractivity contribution in [2.24, 2.45) is 0 Å². The molecule has 102 valence electrons. The van der Waals surface area contributed by atoms with Crippen molar-refractivity contribution in [3.63, 3.8) is 0 Å². The summed E-state index contributed by atoms with van der Waals surface area (Å²) < 4.78 is 10.1. The van der Waals surface area contributed by atoms with E-state index in [-0.39, 0.29) is 5.97 Å². The maximum Gasteiger partial charge on any atom is 0.325 e. The number of hydrogen-bond donors (Lipinski definition) is 0. The standard InChI is InChI=1S/C11H21NO3.C2H6/c1-11(2,10(13)15-4)12-7-5-9(14-3)6-8-12;1-2/h9H,5-8H2,1-4H3;1-2H3. The van der Waals surface area contributed by atoms with Crippen LogP contribution in [-0.2, 0) is 14.3 Å². The molecule has 1 heterocycles. The number of esters is 1. The molecule has 0 spiro atoms. The number of carbonyl (C=O) groups is 1. The van der Waals surface area contributed by atoms with Gasteiger partial charge in [-0.3, -0.25) is 9.69 Å². The number of likely N-dealkylation sites (tertiary alicyclic amines) is 1. The van der Waals surface area contributed by atoms with Crippen molar-refractivity contribution in [3.05, 3.63) is 0 Å². The van der Waals surface area contributed by atoms with Gasteiger partial charge in [0.1, 0.15) is 5.54 Å². The van der Waals surface area contributed by atoms with Crippen LogP contribution in [0.1, 0.15) is 40.5 Å². The first-order valence-electron chi connectivity index (χ1n) is 6.38. The van der Waals surface area contributed by atoms with Gasteiger partial charge in [0.05, 0.1) is 13.2 Å². The molecule has 0 aromatic rings. The summed E-state index contributed by atoms with van der Waals surface area (Å²) in [7, 11) is 3.18. The molecule has 1 fully saturated rings. The van der Waals surface area contributed by atoms with E-state index in [4.69, 9.17) is 9.47 Å². The fraction of sp³-hybridized carbons (Fsp3) is 0.923. The van der Waals surface area contributed by atoms with Crippen LogP contribution >= 0.6 is 0 Å².